The lowest BCUT2D eigenvalue weighted by Crippen LogP contribution is -1.83. The number of hydrogen-bond acceptors (Lipinski definition) is 8. The number of thiophene rings is 1. The number of fused-ring (bicyclic) bond motifs is 1. The number of nitrogens with zero attached hydrogens (tertiary/aromatic N) is 4. The summed E-state index contributed by atoms with van der Waals surface area (Å²) in [5.41, 5.74) is 1.16. The van der Waals surface area contributed by atoms with Crippen LogP contribution in [0.4, 0.5) is 0 Å². The fourth-order valence-corrected chi connectivity index (χ4v) is 4.30. The molecule has 126 valence electrons. The Hall–Kier alpha value is -2.97. The lowest BCUT2D eigenvalue weighted by atomic mass is 10.2. The largest absolute Gasteiger partial charge is 0.459 e. The van der Waals surface area contributed by atoms with Crippen molar-refractivity contribution in [2.45, 2.75) is 10.2 Å². The molecule has 0 radical (unpaired) electrons. The second-order valence-corrected chi connectivity index (χ2v) is 7.30. The number of rotatable bonds is 4. The van der Waals surface area contributed by atoms with Crippen molar-refractivity contribution in [2.75, 3.05) is 0 Å². The van der Waals surface area contributed by atoms with E-state index in [0.717, 1.165) is 25.7 Å². The van der Waals surface area contributed by atoms with Gasteiger partial charge in [0.15, 0.2) is 5.76 Å². The smallest absolute Gasteiger partial charge is 0.284 e. The molecular formula is C18H10N4O2S2. The van der Waals surface area contributed by atoms with Crippen molar-refractivity contribution in [1.29, 1.82) is 0 Å². The molecule has 0 N–H and O–H groups in total. The maximum atomic E-state index is 5.66. The number of hydrogen-bond donors (Lipinski definition) is 0. The topological polar surface area (TPSA) is 77.8 Å². The van der Waals surface area contributed by atoms with E-state index in [4.69, 9.17) is 8.83 Å². The standard InChI is InChI=1S/C18H10N4O2S2/c1-2-5-11(6-3-1)14-9-12-16(25-14)19-10-20-17(12)26-18-22-21-15(24-18)13-7-4-8-23-13/h1-10H. The van der Waals surface area contributed by atoms with E-state index in [1.54, 1.807) is 36.1 Å². The molecule has 0 spiro atoms. The van der Waals surface area contributed by atoms with Crippen molar-refractivity contribution in [2.24, 2.45) is 0 Å². The predicted molar refractivity (Wildman–Crippen MR) is 99.0 cm³/mol. The monoisotopic (exact) mass is 378 g/mol. The van der Waals surface area contributed by atoms with Gasteiger partial charge in [-0.1, -0.05) is 30.3 Å². The molecular weight excluding hydrogens is 368 g/mol. The quantitative estimate of drug-likeness (QED) is 0.400. The molecule has 0 atom stereocenters. The van der Waals surface area contributed by atoms with Gasteiger partial charge >= 0.3 is 0 Å². The first-order valence-electron chi connectivity index (χ1n) is 7.72. The maximum absolute atomic E-state index is 5.66. The van der Waals surface area contributed by atoms with Crippen molar-refractivity contribution in [3.63, 3.8) is 0 Å². The Bertz CT molecular complexity index is 1170. The van der Waals surface area contributed by atoms with Gasteiger partial charge in [-0.3, -0.25) is 0 Å². The zero-order valence-corrected chi connectivity index (χ0v) is 14.8. The maximum Gasteiger partial charge on any atom is 0.284 e. The average molecular weight is 378 g/mol. The molecule has 8 heteroatoms. The molecule has 4 aromatic heterocycles. The lowest BCUT2D eigenvalue weighted by molar-refractivity contribution is 0.447. The Morgan fingerprint density at radius 3 is 2.73 bits per heavy atom. The zero-order chi connectivity index (χ0) is 17.3. The van der Waals surface area contributed by atoms with E-state index in [9.17, 15) is 0 Å². The van der Waals surface area contributed by atoms with Crippen LogP contribution in [0.2, 0.25) is 0 Å². The zero-order valence-electron chi connectivity index (χ0n) is 13.2. The summed E-state index contributed by atoms with van der Waals surface area (Å²) in [5.74, 6) is 0.886. The number of furan rings is 1. The van der Waals surface area contributed by atoms with Gasteiger partial charge in [0, 0.05) is 10.3 Å². The Labute approximate surface area is 155 Å². The van der Waals surface area contributed by atoms with E-state index in [2.05, 4.69) is 38.4 Å². The summed E-state index contributed by atoms with van der Waals surface area (Å²) in [6.45, 7) is 0. The first-order chi connectivity index (χ1) is 12.9. The van der Waals surface area contributed by atoms with Crippen LogP contribution in [0.1, 0.15) is 0 Å². The molecule has 1 aromatic carbocycles. The minimum Gasteiger partial charge on any atom is -0.459 e. The molecule has 0 bridgehead atoms. The van der Waals surface area contributed by atoms with Gasteiger partial charge in [-0.15, -0.1) is 21.5 Å². The van der Waals surface area contributed by atoms with Crippen LogP contribution in [-0.4, -0.2) is 20.2 Å². The fourth-order valence-electron chi connectivity index (χ4n) is 2.49. The summed E-state index contributed by atoms with van der Waals surface area (Å²) in [5, 5.41) is 10.2. The van der Waals surface area contributed by atoms with E-state index in [-0.39, 0.29) is 0 Å². The van der Waals surface area contributed by atoms with E-state index in [0.29, 0.717) is 16.9 Å². The van der Waals surface area contributed by atoms with E-state index < -0.39 is 0 Å². The van der Waals surface area contributed by atoms with Crippen molar-refractivity contribution < 1.29 is 8.83 Å². The van der Waals surface area contributed by atoms with Crippen molar-refractivity contribution in [1.82, 2.24) is 20.2 Å². The summed E-state index contributed by atoms with van der Waals surface area (Å²) in [7, 11) is 0. The van der Waals surface area contributed by atoms with E-state index >= 15 is 0 Å². The molecule has 0 aliphatic heterocycles. The lowest BCUT2D eigenvalue weighted by Gasteiger charge is -1.96. The highest BCUT2D eigenvalue weighted by Gasteiger charge is 2.16. The normalized spacial score (nSPS) is 11.2. The van der Waals surface area contributed by atoms with Crippen LogP contribution in [-0.2, 0) is 0 Å². The van der Waals surface area contributed by atoms with Crippen LogP contribution in [0, 0.1) is 0 Å². The molecule has 0 unspecified atom stereocenters. The highest BCUT2D eigenvalue weighted by molar-refractivity contribution is 7.99. The second kappa shape index (κ2) is 6.40. The van der Waals surface area contributed by atoms with Crippen molar-refractivity contribution in [3.8, 4) is 22.1 Å². The van der Waals surface area contributed by atoms with Gasteiger partial charge in [0.05, 0.1) is 6.26 Å². The van der Waals surface area contributed by atoms with Gasteiger partial charge < -0.3 is 8.83 Å². The minimum atomic E-state index is 0.345. The van der Waals surface area contributed by atoms with Gasteiger partial charge in [-0.2, -0.15) is 0 Å². The first kappa shape index (κ1) is 15.3. The Kier molecular flexibility index (Phi) is 3.76. The Morgan fingerprint density at radius 2 is 1.88 bits per heavy atom. The summed E-state index contributed by atoms with van der Waals surface area (Å²) < 4.78 is 10.9. The van der Waals surface area contributed by atoms with Gasteiger partial charge in [0.25, 0.3) is 11.1 Å². The molecule has 4 heterocycles. The fraction of sp³-hybridized carbons (Fsp3) is 0. The third-order valence-corrected chi connectivity index (χ3v) is 5.62. The van der Waals surface area contributed by atoms with Gasteiger partial charge in [0.1, 0.15) is 16.2 Å². The first-order valence-corrected chi connectivity index (χ1v) is 9.35. The van der Waals surface area contributed by atoms with Crippen molar-refractivity contribution >= 4 is 33.3 Å². The molecule has 0 aliphatic rings. The summed E-state index contributed by atoms with van der Waals surface area (Å²) in [4.78, 5) is 10.8. The number of aromatic nitrogens is 4. The van der Waals surface area contributed by atoms with Crippen LogP contribution in [0.3, 0.4) is 0 Å². The SMILES string of the molecule is c1ccc(-c2cc3c(Sc4nnc(-c5ccco5)o4)ncnc3s2)cc1. The summed E-state index contributed by atoms with van der Waals surface area (Å²) >= 11 is 2.95. The molecule has 5 aromatic rings. The molecule has 0 amide bonds. The highest BCUT2D eigenvalue weighted by atomic mass is 32.2. The van der Waals surface area contributed by atoms with Gasteiger partial charge in [-0.05, 0) is 35.5 Å². The molecule has 0 aliphatic carbocycles. The molecule has 0 saturated heterocycles. The minimum absolute atomic E-state index is 0.345. The summed E-state index contributed by atoms with van der Waals surface area (Å²) in [6.07, 6.45) is 3.12. The summed E-state index contributed by atoms with van der Waals surface area (Å²) in [6, 6.07) is 15.9. The van der Waals surface area contributed by atoms with Crippen molar-refractivity contribution in [3.05, 3.63) is 61.1 Å². The highest BCUT2D eigenvalue weighted by Crippen LogP contribution is 2.38. The molecule has 0 fully saturated rings. The van der Waals surface area contributed by atoms with Crippen LogP contribution in [0.15, 0.2) is 80.2 Å². The Morgan fingerprint density at radius 1 is 0.962 bits per heavy atom. The van der Waals surface area contributed by atoms with Crippen LogP contribution in [0.5, 0.6) is 0 Å². The second-order valence-electron chi connectivity index (χ2n) is 5.33. The number of benzene rings is 1. The van der Waals surface area contributed by atoms with E-state index in [1.807, 2.05) is 18.2 Å². The van der Waals surface area contributed by atoms with Gasteiger partial charge in [0.2, 0.25) is 0 Å². The molecule has 6 nitrogen and oxygen atoms in total. The Balaban J connectivity index is 1.50. The average Bonchev–Trinajstić information content (AvgIpc) is 3.42. The van der Waals surface area contributed by atoms with E-state index in [1.165, 1.54) is 11.8 Å². The molecule has 26 heavy (non-hydrogen) atoms. The van der Waals surface area contributed by atoms with Crippen LogP contribution >= 0.6 is 23.1 Å². The third kappa shape index (κ3) is 2.79. The predicted octanol–water partition coefficient (Wildman–Crippen LogP) is 5.15. The van der Waals surface area contributed by atoms with Crippen LogP contribution in [0.25, 0.3) is 32.3 Å². The van der Waals surface area contributed by atoms with Gasteiger partial charge in [-0.25, -0.2) is 9.97 Å². The third-order valence-electron chi connectivity index (χ3n) is 3.67. The molecule has 5 rings (SSSR count). The molecule has 0 saturated carbocycles. The van der Waals surface area contributed by atoms with Crippen LogP contribution < -0.4 is 0 Å².